The van der Waals surface area contributed by atoms with Gasteiger partial charge in [-0.05, 0) is 67.3 Å². The van der Waals surface area contributed by atoms with Crippen LogP contribution in [-0.2, 0) is 14.8 Å². The van der Waals surface area contributed by atoms with Crippen LogP contribution in [0, 0.1) is 13.8 Å². The van der Waals surface area contributed by atoms with Gasteiger partial charge in [0.05, 0.1) is 23.7 Å². The summed E-state index contributed by atoms with van der Waals surface area (Å²) >= 11 is 0. The number of anilines is 1. The van der Waals surface area contributed by atoms with E-state index in [1.54, 1.807) is 31.4 Å². The number of methoxy groups -OCH3 is 1. The van der Waals surface area contributed by atoms with Crippen molar-refractivity contribution in [2.24, 2.45) is 0 Å². The van der Waals surface area contributed by atoms with Crippen LogP contribution in [0.3, 0.4) is 0 Å². The Bertz CT molecular complexity index is 1190. The molecule has 1 N–H and O–H groups in total. The van der Waals surface area contributed by atoms with Crippen LogP contribution in [0.1, 0.15) is 36.1 Å². The minimum atomic E-state index is -3.95. The molecule has 0 fully saturated rings. The first-order valence-corrected chi connectivity index (χ1v) is 12.3. The predicted octanol–water partition coefficient (Wildman–Crippen LogP) is 4.77. The third-order valence-electron chi connectivity index (χ3n) is 5.51. The maximum absolute atomic E-state index is 13.6. The van der Waals surface area contributed by atoms with Crippen LogP contribution in [0.2, 0.25) is 0 Å². The van der Waals surface area contributed by atoms with Gasteiger partial charge in [0.2, 0.25) is 5.91 Å². The fourth-order valence-electron chi connectivity index (χ4n) is 3.64. The van der Waals surface area contributed by atoms with Gasteiger partial charge in [0.15, 0.2) is 0 Å². The Hall–Kier alpha value is -3.32. The second-order valence-corrected chi connectivity index (χ2v) is 9.78. The summed E-state index contributed by atoms with van der Waals surface area (Å²) in [5.74, 6) is 0.355. The first-order chi connectivity index (χ1) is 15.8. The van der Waals surface area contributed by atoms with Crippen molar-refractivity contribution in [3.8, 4) is 5.75 Å². The zero-order chi connectivity index (χ0) is 24.0. The molecule has 174 valence electrons. The molecule has 1 amide bonds. The zero-order valence-electron chi connectivity index (χ0n) is 19.4. The molecule has 1 unspecified atom stereocenters. The second kappa shape index (κ2) is 10.5. The average molecular weight is 467 g/mol. The summed E-state index contributed by atoms with van der Waals surface area (Å²) < 4.78 is 33.5. The van der Waals surface area contributed by atoms with Crippen LogP contribution < -0.4 is 14.4 Å². The van der Waals surface area contributed by atoms with Gasteiger partial charge in [-0.1, -0.05) is 49.4 Å². The molecule has 3 aromatic rings. The molecule has 0 aromatic heterocycles. The van der Waals surface area contributed by atoms with Crippen molar-refractivity contribution in [3.63, 3.8) is 0 Å². The highest BCUT2D eigenvalue weighted by Crippen LogP contribution is 2.28. The van der Waals surface area contributed by atoms with E-state index in [0.717, 1.165) is 22.4 Å². The maximum atomic E-state index is 13.6. The largest absolute Gasteiger partial charge is 0.497 e. The molecule has 3 aromatic carbocycles. The van der Waals surface area contributed by atoms with E-state index in [2.05, 4.69) is 5.32 Å². The molecule has 0 aliphatic heterocycles. The number of nitrogens with zero attached hydrogens (tertiary/aromatic N) is 1. The molecule has 0 heterocycles. The molecule has 0 aliphatic carbocycles. The molecule has 0 radical (unpaired) electrons. The summed E-state index contributed by atoms with van der Waals surface area (Å²) in [5, 5.41) is 2.99. The number of benzene rings is 3. The molecule has 33 heavy (non-hydrogen) atoms. The summed E-state index contributed by atoms with van der Waals surface area (Å²) in [7, 11) is -2.35. The van der Waals surface area contributed by atoms with Gasteiger partial charge in [-0.3, -0.25) is 9.10 Å². The van der Waals surface area contributed by atoms with Gasteiger partial charge in [0.25, 0.3) is 10.0 Å². The summed E-state index contributed by atoms with van der Waals surface area (Å²) in [5.41, 5.74) is 3.10. The Morgan fingerprint density at radius 3 is 2.27 bits per heavy atom. The van der Waals surface area contributed by atoms with Crippen molar-refractivity contribution in [2.45, 2.75) is 38.1 Å². The van der Waals surface area contributed by atoms with E-state index >= 15 is 0 Å². The highest BCUT2D eigenvalue weighted by atomic mass is 32.2. The number of aryl methyl sites for hydroxylation is 2. The zero-order valence-corrected chi connectivity index (χ0v) is 20.2. The Morgan fingerprint density at radius 2 is 1.67 bits per heavy atom. The molecule has 0 bridgehead atoms. The first kappa shape index (κ1) is 24.3. The lowest BCUT2D eigenvalue weighted by Crippen LogP contribution is -2.42. The smallest absolute Gasteiger partial charge is 0.264 e. The summed E-state index contributed by atoms with van der Waals surface area (Å²) in [6.07, 6.45) is 0.660. The molecular weight excluding hydrogens is 436 g/mol. The lowest BCUT2D eigenvalue weighted by molar-refractivity contribution is -0.120. The number of amides is 1. The fraction of sp³-hybridized carbons (Fsp3) is 0.269. The third-order valence-corrected chi connectivity index (χ3v) is 7.29. The Morgan fingerprint density at radius 1 is 1.00 bits per heavy atom. The fourth-order valence-corrected chi connectivity index (χ4v) is 5.13. The number of hydrogen-bond donors (Lipinski definition) is 1. The van der Waals surface area contributed by atoms with E-state index in [4.69, 9.17) is 4.74 Å². The monoisotopic (exact) mass is 466 g/mol. The number of nitrogens with one attached hydrogen (secondary N) is 1. The van der Waals surface area contributed by atoms with Gasteiger partial charge in [-0.25, -0.2) is 8.42 Å². The number of carbonyl (C=O) groups is 1. The van der Waals surface area contributed by atoms with E-state index in [1.807, 2.05) is 57.2 Å². The van der Waals surface area contributed by atoms with Crippen LogP contribution in [0.5, 0.6) is 5.75 Å². The van der Waals surface area contributed by atoms with Gasteiger partial charge in [0, 0.05) is 0 Å². The molecule has 6 nitrogen and oxygen atoms in total. The van der Waals surface area contributed by atoms with E-state index < -0.39 is 10.0 Å². The summed E-state index contributed by atoms with van der Waals surface area (Å²) in [6.45, 7) is 5.38. The average Bonchev–Trinajstić information content (AvgIpc) is 2.83. The van der Waals surface area contributed by atoms with Crippen molar-refractivity contribution in [3.05, 3.63) is 89.5 Å². The van der Waals surface area contributed by atoms with Crippen molar-refractivity contribution in [1.29, 1.82) is 0 Å². The van der Waals surface area contributed by atoms with Gasteiger partial charge in [0.1, 0.15) is 12.3 Å². The first-order valence-electron chi connectivity index (χ1n) is 10.8. The lowest BCUT2D eigenvalue weighted by Gasteiger charge is -2.27. The maximum Gasteiger partial charge on any atom is 0.264 e. The number of ether oxygens (including phenoxy) is 1. The van der Waals surface area contributed by atoms with Gasteiger partial charge < -0.3 is 10.1 Å². The van der Waals surface area contributed by atoms with Crippen molar-refractivity contribution in [1.82, 2.24) is 5.32 Å². The highest BCUT2D eigenvalue weighted by molar-refractivity contribution is 7.92. The molecule has 3 rings (SSSR count). The van der Waals surface area contributed by atoms with Crippen molar-refractivity contribution < 1.29 is 17.9 Å². The topological polar surface area (TPSA) is 75.7 Å². The SMILES string of the molecule is CCC(NC(=O)CN(c1cc(C)ccc1C)S(=O)(=O)c1ccccc1)c1ccc(OC)cc1. The van der Waals surface area contributed by atoms with Crippen LogP contribution in [0.25, 0.3) is 0 Å². The Labute approximate surface area is 196 Å². The van der Waals surface area contributed by atoms with Crippen LogP contribution in [-0.4, -0.2) is 28.0 Å². The van der Waals surface area contributed by atoms with E-state index in [1.165, 1.54) is 16.4 Å². The molecule has 0 saturated heterocycles. The summed E-state index contributed by atoms with van der Waals surface area (Å²) in [4.78, 5) is 13.3. The van der Waals surface area contributed by atoms with Crippen molar-refractivity contribution >= 4 is 21.6 Å². The molecule has 1 atom stereocenters. The van der Waals surface area contributed by atoms with Crippen LogP contribution >= 0.6 is 0 Å². The van der Waals surface area contributed by atoms with Crippen molar-refractivity contribution in [2.75, 3.05) is 18.0 Å². The Balaban J connectivity index is 1.92. The van der Waals surface area contributed by atoms with Gasteiger partial charge in [-0.2, -0.15) is 0 Å². The lowest BCUT2D eigenvalue weighted by atomic mass is 10.0. The highest BCUT2D eigenvalue weighted by Gasteiger charge is 2.29. The third kappa shape index (κ3) is 5.73. The number of sulfonamides is 1. The standard InChI is InChI=1S/C26H30N2O4S/c1-5-24(21-13-15-22(32-4)16-14-21)27-26(29)18-28(25-17-19(2)11-12-20(25)3)33(30,31)23-9-7-6-8-10-23/h6-17,24H,5,18H2,1-4H3,(H,27,29). The minimum absolute atomic E-state index is 0.140. The molecule has 0 aliphatic rings. The number of hydrogen-bond acceptors (Lipinski definition) is 4. The number of rotatable bonds is 9. The van der Waals surface area contributed by atoms with Gasteiger partial charge in [-0.15, -0.1) is 0 Å². The number of carbonyl (C=O) groups excluding carboxylic acids is 1. The molecule has 7 heteroatoms. The normalized spacial score (nSPS) is 12.1. The van der Waals surface area contributed by atoms with E-state index in [-0.39, 0.29) is 23.4 Å². The van der Waals surface area contributed by atoms with E-state index in [9.17, 15) is 13.2 Å². The minimum Gasteiger partial charge on any atom is -0.497 e. The van der Waals surface area contributed by atoms with E-state index in [0.29, 0.717) is 12.1 Å². The Kier molecular flexibility index (Phi) is 7.76. The van der Waals surface area contributed by atoms with Crippen LogP contribution in [0.4, 0.5) is 5.69 Å². The van der Waals surface area contributed by atoms with Gasteiger partial charge >= 0.3 is 0 Å². The summed E-state index contributed by atoms with van der Waals surface area (Å²) in [6, 6.07) is 21.0. The molecule has 0 spiro atoms. The predicted molar refractivity (Wildman–Crippen MR) is 131 cm³/mol. The quantitative estimate of drug-likeness (QED) is 0.493. The van der Waals surface area contributed by atoms with Crippen LogP contribution in [0.15, 0.2) is 77.7 Å². The molecule has 0 saturated carbocycles. The second-order valence-electron chi connectivity index (χ2n) is 7.92. The molecular formula is C26H30N2O4S.